The van der Waals surface area contributed by atoms with E-state index in [2.05, 4.69) is 20.9 Å². The number of alkyl halides is 6. The van der Waals surface area contributed by atoms with Crippen LogP contribution < -0.4 is 20.4 Å². The second-order valence-electron chi connectivity index (χ2n) is 9.54. The molecule has 0 radical (unpaired) electrons. The Morgan fingerprint density at radius 3 is 2.56 bits per heavy atom. The van der Waals surface area contributed by atoms with Gasteiger partial charge in [-0.15, -0.1) is 0 Å². The number of carbonyl (C=O) groups excluding carboxylic acids is 1. The number of hydrogen-bond acceptors (Lipinski definition) is 6. The number of amides is 2. The summed E-state index contributed by atoms with van der Waals surface area (Å²) in [6.07, 6.45) is -6.06. The number of aromatic nitrogens is 2. The van der Waals surface area contributed by atoms with Crippen LogP contribution >= 0.6 is 0 Å². The van der Waals surface area contributed by atoms with Gasteiger partial charge in [0.2, 0.25) is 5.27 Å². The minimum atomic E-state index is -4.78. The van der Waals surface area contributed by atoms with Gasteiger partial charge in [-0.25, -0.2) is 4.79 Å². The monoisotopic (exact) mass is 584 g/mol. The predicted octanol–water partition coefficient (Wildman–Crippen LogP) is 4.67. The highest BCUT2D eigenvalue weighted by Crippen LogP contribution is 2.34. The summed E-state index contributed by atoms with van der Waals surface area (Å²) in [7, 11) is 0. The van der Waals surface area contributed by atoms with Crippen molar-refractivity contribution < 1.29 is 45.4 Å². The Bertz CT molecular complexity index is 1360. The van der Waals surface area contributed by atoms with E-state index in [-0.39, 0.29) is 30.2 Å². The first-order valence-electron chi connectivity index (χ1n) is 12.6. The van der Waals surface area contributed by atoms with Crippen molar-refractivity contribution in [3.05, 3.63) is 65.9 Å². The van der Waals surface area contributed by atoms with Gasteiger partial charge in [-0.05, 0) is 53.7 Å². The Hall–Kier alpha value is -4.14. The fourth-order valence-corrected chi connectivity index (χ4v) is 4.48. The Labute approximate surface area is 230 Å². The quantitative estimate of drug-likeness (QED) is 0.173. The van der Waals surface area contributed by atoms with Crippen LogP contribution in [-0.4, -0.2) is 47.4 Å². The number of urea groups is 1. The van der Waals surface area contributed by atoms with Gasteiger partial charge in [-0.1, -0.05) is 36.8 Å². The lowest BCUT2D eigenvalue weighted by Crippen LogP contribution is -2.52. The van der Waals surface area contributed by atoms with Crippen molar-refractivity contribution in [3.8, 4) is 0 Å². The molecule has 1 aliphatic heterocycles. The molecule has 15 heteroatoms. The maximum atomic E-state index is 13.5. The van der Waals surface area contributed by atoms with Gasteiger partial charge in [0.1, 0.15) is 0 Å². The molecule has 2 N–H and O–H groups in total. The molecule has 0 aliphatic carbocycles. The maximum absolute atomic E-state index is 13.5. The second kappa shape index (κ2) is 12.6. The lowest BCUT2D eigenvalue weighted by molar-refractivity contribution is -0.766. The van der Waals surface area contributed by atoms with E-state index in [0.29, 0.717) is 37.1 Å². The zero-order valence-electron chi connectivity index (χ0n) is 21.5. The van der Waals surface area contributed by atoms with Gasteiger partial charge in [0.25, 0.3) is 6.20 Å². The first-order valence-corrected chi connectivity index (χ1v) is 12.6. The topological polar surface area (TPSA) is 110 Å². The first kappa shape index (κ1) is 29.8. The fourth-order valence-electron chi connectivity index (χ4n) is 4.48. The predicted molar refractivity (Wildman–Crippen MR) is 133 cm³/mol. The summed E-state index contributed by atoms with van der Waals surface area (Å²) < 4.78 is 85.5. The Balaban J connectivity index is 1.42. The highest BCUT2D eigenvalue weighted by molar-refractivity contribution is 5.99. The SMILES string of the molecule is O=C(Nc1cc(N=C([O-])Cc2ccccc2)cc(C(F)(F)F)c1)Nc1c[n+](CC2CCCCN2CC(F)(F)F)no1. The minimum absolute atomic E-state index is 0.0817. The molecule has 1 unspecified atom stereocenters. The van der Waals surface area contributed by atoms with Gasteiger partial charge in [0, 0.05) is 12.1 Å². The van der Waals surface area contributed by atoms with Crippen LogP contribution in [0.4, 0.5) is 48.4 Å². The summed E-state index contributed by atoms with van der Waals surface area (Å²) in [6, 6.07) is 9.58. The number of rotatable bonds is 8. The molecule has 2 heterocycles. The number of piperidine rings is 1. The lowest BCUT2D eigenvalue weighted by atomic mass is 10.0. The fraction of sp³-hybridized carbons (Fsp3) is 0.385. The maximum Gasteiger partial charge on any atom is 0.416 e. The number of nitrogens with one attached hydrogen (secondary N) is 2. The summed E-state index contributed by atoms with van der Waals surface area (Å²) >= 11 is 0. The highest BCUT2D eigenvalue weighted by atomic mass is 19.4. The summed E-state index contributed by atoms with van der Waals surface area (Å²) in [6.45, 7) is -0.676. The van der Waals surface area contributed by atoms with Gasteiger partial charge in [0.05, 0.1) is 23.8 Å². The molecular formula is C26H26F6N6O3. The molecule has 0 saturated carbocycles. The number of anilines is 2. The van der Waals surface area contributed by atoms with Crippen LogP contribution in [0.25, 0.3) is 0 Å². The Morgan fingerprint density at radius 2 is 1.85 bits per heavy atom. The third-order valence-electron chi connectivity index (χ3n) is 6.23. The van der Waals surface area contributed by atoms with Crippen molar-refractivity contribution in [2.45, 2.75) is 50.6 Å². The van der Waals surface area contributed by atoms with E-state index < -0.39 is 42.4 Å². The molecule has 0 spiro atoms. The molecule has 1 saturated heterocycles. The molecular weight excluding hydrogens is 558 g/mol. The zero-order valence-corrected chi connectivity index (χ0v) is 21.5. The number of benzene rings is 2. The van der Waals surface area contributed by atoms with E-state index in [4.69, 9.17) is 4.52 Å². The molecule has 220 valence electrons. The summed E-state index contributed by atoms with van der Waals surface area (Å²) in [5.74, 6) is -0.862. The van der Waals surface area contributed by atoms with E-state index in [9.17, 15) is 36.2 Å². The van der Waals surface area contributed by atoms with Crippen LogP contribution in [0.15, 0.2) is 64.2 Å². The van der Waals surface area contributed by atoms with E-state index in [0.717, 1.165) is 12.5 Å². The molecule has 2 aromatic carbocycles. The molecule has 1 aromatic heterocycles. The van der Waals surface area contributed by atoms with E-state index in [1.807, 2.05) is 0 Å². The summed E-state index contributed by atoms with van der Waals surface area (Å²) in [5, 5.41) is 20.6. The average Bonchev–Trinajstić information content (AvgIpc) is 3.30. The highest BCUT2D eigenvalue weighted by Gasteiger charge is 2.37. The average molecular weight is 585 g/mol. The van der Waals surface area contributed by atoms with Crippen molar-refractivity contribution in [2.75, 3.05) is 23.7 Å². The Kier molecular flexibility index (Phi) is 9.15. The number of halogens is 6. The van der Waals surface area contributed by atoms with Crippen LogP contribution in [0.5, 0.6) is 0 Å². The summed E-state index contributed by atoms with van der Waals surface area (Å²) in [5.41, 5.74) is -1.09. The molecule has 1 atom stereocenters. The number of carbonyl (C=O) groups is 1. The molecule has 41 heavy (non-hydrogen) atoms. The number of aliphatic imine (C=N–C) groups is 1. The van der Waals surface area contributed by atoms with Crippen molar-refractivity contribution in [1.82, 2.24) is 10.2 Å². The molecule has 9 nitrogen and oxygen atoms in total. The van der Waals surface area contributed by atoms with E-state index in [1.54, 1.807) is 30.3 Å². The van der Waals surface area contributed by atoms with Crippen molar-refractivity contribution in [2.24, 2.45) is 4.99 Å². The second-order valence-corrected chi connectivity index (χ2v) is 9.54. The molecule has 4 rings (SSSR count). The van der Waals surface area contributed by atoms with Crippen LogP contribution in [0.1, 0.15) is 30.4 Å². The van der Waals surface area contributed by atoms with Gasteiger partial charge >= 0.3 is 24.3 Å². The summed E-state index contributed by atoms with van der Waals surface area (Å²) in [4.78, 5) is 17.6. The molecule has 2 amide bonds. The van der Waals surface area contributed by atoms with Crippen molar-refractivity contribution in [1.29, 1.82) is 0 Å². The van der Waals surface area contributed by atoms with Gasteiger partial charge < -0.3 is 10.4 Å². The number of nitrogens with zero attached hydrogens (tertiary/aromatic N) is 4. The van der Waals surface area contributed by atoms with E-state index >= 15 is 0 Å². The number of likely N-dealkylation sites (tertiary alicyclic amines) is 1. The normalized spacial score (nSPS) is 16.9. The van der Waals surface area contributed by atoms with Gasteiger partial charge in [-0.2, -0.15) is 26.3 Å². The molecule has 1 fully saturated rings. The Morgan fingerprint density at radius 1 is 1.10 bits per heavy atom. The first-order chi connectivity index (χ1) is 19.3. The largest absolute Gasteiger partial charge is 0.861 e. The van der Waals surface area contributed by atoms with Crippen LogP contribution in [0, 0.1) is 0 Å². The third-order valence-corrected chi connectivity index (χ3v) is 6.23. The van der Waals surface area contributed by atoms with Gasteiger partial charge in [0.15, 0.2) is 6.54 Å². The van der Waals surface area contributed by atoms with Crippen LogP contribution in [-0.2, 0) is 19.1 Å². The van der Waals surface area contributed by atoms with Crippen molar-refractivity contribution >= 4 is 29.2 Å². The molecule has 0 bridgehead atoms. The van der Waals surface area contributed by atoms with E-state index in [1.165, 1.54) is 15.8 Å². The van der Waals surface area contributed by atoms with Crippen molar-refractivity contribution in [3.63, 3.8) is 0 Å². The minimum Gasteiger partial charge on any atom is -0.861 e. The number of hydrogen-bond donors (Lipinski definition) is 2. The standard InChI is InChI=1S/C26H26F6N6O3/c27-25(28,29)16-37-9-5-4-8-21(37)14-38-15-23(41-36-38)35-24(40)34-20-12-18(26(30,31)32)11-19(13-20)33-22(39)10-17-6-2-1-3-7-17/h1-3,6-7,11-13,15,21H,4-5,8-10,14,16H2,(H2-,33,34,35,36,39,40). The van der Waals surface area contributed by atoms with Crippen LogP contribution in [0.2, 0.25) is 0 Å². The third kappa shape index (κ3) is 9.20. The van der Waals surface area contributed by atoms with Crippen LogP contribution in [0.3, 0.4) is 0 Å². The lowest BCUT2D eigenvalue weighted by Gasteiger charge is -2.33. The zero-order chi connectivity index (χ0) is 29.6. The van der Waals surface area contributed by atoms with Gasteiger partial charge in [-0.3, -0.25) is 19.7 Å². The molecule has 1 aliphatic rings. The molecule has 3 aromatic rings. The smallest absolute Gasteiger partial charge is 0.416 e.